The van der Waals surface area contributed by atoms with Crippen LogP contribution in [0.2, 0.25) is 0 Å². The van der Waals surface area contributed by atoms with Crippen molar-refractivity contribution in [3.05, 3.63) is 10.9 Å². The number of hydrogen-bond donors (Lipinski definition) is 1. The molecular weight excluding hydrogens is 234 g/mol. The Morgan fingerprint density at radius 3 is 2.76 bits per heavy atom. The Labute approximate surface area is 105 Å². The van der Waals surface area contributed by atoms with Gasteiger partial charge >= 0.3 is 0 Å². The molecule has 0 bridgehead atoms. The summed E-state index contributed by atoms with van der Waals surface area (Å²) in [5.41, 5.74) is 0. The Balaban J connectivity index is 2.52. The summed E-state index contributed by atoms with van der Waals surface area (Å²) in [6, 6.07) is 2.13. The van der Waals surface area contributed by atoms with Gasteiger partial charge in [0, 0.05) is 11.4 Å². The Morgan fingerprint density at radius 1 is 1.29 bits per heavy atom. The lowest BCUT2D eigenvalue weighted by molar-refractivity contribution is 0.331. The molecule has 0 saturated heterocycles. The molecule has 17 heavy (non-hydrogen) atoms. The summed E-state index contributed by atoms with van der Waals surface area (Å²) in [7, 11) is 0. The van der Waals surface area contributed by atoms with E-state index in [4.69, 9.17) is 4.74 Å². The van der Waals surface area contributed by atoms with E-state index >= 15 is 0 Å². The summed E-state index contributed by atoms with van der Waals surface area (Å²) in [5.74, 6) is 1.33. The summed E-state index contributed by atoms with van der Waals surface area (Å²) in [6.07, 6.45) is 1.02. The molecule has 0 aliphatic carbocycles. The van der Waals surface area contributed by atoms with Crippen molar-refractivity contribution >= 4 is 27.5 Å². The van der Waals surface area contributed by atoms with Crippen LogP contribution in [0.1, 0.15) is 25.6 Å². The number of rotatable bonds is 5. The third-order valence-corrected chi connectivity index (χ3v) is 3.55. The van der Waals surface area contributed by atoms with Gasteiger partial charge in [0.05, 0.1) is 12.0 Å². The van der Waals surface area contributed by atoms with Gasteiger partial charge in [0.15, 0.2) is 0 Å². The fourth-order valence-electron chi connectivity index (χ4n) is 1.60. The maximum absolute atomic E-state index is 5.58. The lowest BCUT2D eigenvalue weighted by Gasteiger charge is -2.06. The van der Waals surface area contributed by atoms with Gasteiger partial charge in [-0.05, 0) is 26.3 Å². The number of aryl methyl sites for hydroxylation is 1. The molecule has 92 valence electrons. The minimum atomic E-state index is 0.620. The number of thiophene rings is 1. The van der Waals surface area contributed by atoms with Gasteiger partial charge in [-0.15, -0.1) is 11.3 Å². The second-order valence-corrected chi connectivity index (χ2v) is 4.72. The van der Waals surface area contributed by atoms with Crippen LogP contribution in [-0.4, -0.2) is 23.1 Å². The van der Waals surface area contributed by atoms with Crippen molar-refractivity contribution in [2.75, 3.05) is 18.5 Å². The molecule has 0 saturated carbocycles. The predicted molar refractivity (Wildman–Crippen MR) is 72.1 cm³/mol. The highest BCUT2D eigenvalue weighted by atomic mass is 32.1. The Morgan fingerprint density at radius 2 is 2.12 bits per heavy atom. The van der Waals surface area contributed by atoms with Crippen molar-refractivity contribution in [3.8, 4) is 5.88 Å². The largest absolute Gasteiger partial charge is 0.477 e. The fraction of sp³-hybridized carbons (Fsp3) is 0.500. The predicted octanol–water partition coefficient (Wildman–Crippen LogP) is 3.08. The summed E-state index contributed by atoms with van der Waals surface area (Å²) in [6.45, 7) is 7.57. The van der Waals surface area contributed by atoms with Gasteiger partial charge in [0.25, 0.3) is 0 Å². The van der Waals surface area contributed by atoms with Crippen LogP contribution in [0.5, 0.6) is 5.88 Å². The number of ether oxygens (including phenoxy) is 1. The average molecular weight is 251 g/mol. The number of nitrogens with zero attached hydrogens (tertiary/aromatic N) is 2. The van der Waals surface area contributed by atoms with Gasteiger partial charge in [-0.1, -0.05) is 6.92 Å². The van der Waals surface area contributed by atoms with Crippen LogP contribution < -0.4 is 10.1 Å². The molecule has 4 nitrogen and oxygen atoms in total. The molecule has 0 radical (unpaired) electrons. The van der Waals surface area contributed by atoms with Crippen molar-refractivity contribution in [3.63, 3.8) is 0 Å². The number of hydrogen-bond acceptors (Lipinski definition) is 5. The number of nitrogens with one attached hydrogen (secondary N) is 1. The molecule has 2 aromatic heterocycles. The zero-order valence-electron chi connectivity index (χ0n) is 10.4. The second kappa shape index (κ2) is 5.31. The van der Waals surface area contributed by atoms with Crippen molar-refractivity contribution in [2.45, 2.75) is 27.2 Å². The van der Waals surface area contributed by atoms with Gasteiger partial charge in [-0.3, -0.25) is 0 Å². The van der Waals surface area contributed by atoms with Crippen LogP contribution in [0.3, 0.4) is 0 Å². The van der Waals surface area contributed by atoms with Crippen LogP contribution in [0.4, 0.5) is 5.95 Å². The third-order valence-electron chi connectivity index (χ3n) is 2.37. The number of aromatic nitrogens is 2. The van der Waals surface area contributed by atoms with Crippen molar-refractivity contribution in [1.29, 1.82) is 0 Å². The van der Waals surface area contributed by atoms with Crippen LogP contribution in [0, 0.1) is 0 Å². The molecule has 2 aromatic rings. The molecule has 5 heteroatoms. The standard InChI is InChI=1S/C12H17N3OS/c1-4-8-7-9-10(16-6-3)14-12(13-5-2)15-11(9)17-8/h7H,4-6H2,1-3H3,(H,13,14,15). The van der Waals surface area contributed by atoms with Gasteiger partial charge in [0.2, 0.25) is 11.8 Å². The number of fused-ring (bicyclic) bond motifs is 1. The first-order valence-corrected chi connectivity index (χ1v) is 6.77. The molecule has 0 unspecified atom stereocenters. The highest BCUT2D eigenvalue weighted by Crippen LogP contribution is 2.31. The summed E-state index contributed by atoms with van der Waals surface area (Å²) in [5, 5.41) is 4.15. The summed E-state index contributed by atoms with van der Waals surface area (Å²) >= 11 is 1.71. The van der Waals surface area contributed by atoms with Crippen molar-refractivity contribution in [1.82, 2.24) is 9.97 Å². The Hall–Kier alpha value is -1.36. The molecule has 0 amide bonds. The molecule has 1 N–H and O–H groups in total. The smallest absolute Gasteiger partial charge is 0.227 e. The van der Waals surface area contributed by atoms with E-state index in [9.17, 15) is 0 Å². The van der Waals surface area contributed by atoms with E-state index in [0.717, 1.165) is 23.2 Å². The van der Waals surface area contributed by atoms with Gasteiger partial charge in [0.1, 0.15) is 4.83 Å². The normalized spacial score (nSPS) is 10.8. The van der Waals surface area contributed by atoms with E-state index in [-0.39, 0.29) is 0 Å². The first kappa shape index (κ1) is 12.1. The van der Waals surface area contributed by atoms with Crippen molar-refractivity contribution < 1.29 is 4.74 Å². The zero-order valence-corrected chi connectivity index (χ0v) is 11.2. The van der Waals surface area contributed by atoms with E-state index < -0.39 is 0 Å². The van der Waals surface area contributed by atoms with E-state index in [1.165, 1.54) is 4.88 Å². The molecule has 2 rings (SSSR count). The fourth-order valence-corrected chi connectivity index (χ4v) is 2.56. The van der Waals surface area contributed by atoms with Gasteiger partial charge in [-0.2, -0.15) is 4.98 Å². The van der Waals surface area contributed by atoms with E-state index in [0.29, 0.717) is 18.4 Å². The maximum Gasteiger partial charge on any atom is 0.227 e. The average Bonchev–Trinajstić information content (AvgIpc) is 2.73. The first-order chi connectivity index (χ1) is 8.28. The summed E-state index contributed by atoms with van der Waals surface area (Å²) < 4.78 is 5.58. The minimum Gasteiger partial charge on any atom is -0.477 e. The highest BCUT2D eigenvalue weighted by Gasteiger charge is 2.11. The molecule has 0 spiro atoms. The van der Waals surface area contributed by atoms with Gasteiger partial charge in [-0.25, -0.2) is 4.98 Å². The quantitative estimate of drug-likeness (QED) is 0.887. The van der Waals surface area contributed by atoms with Crippen LogP contribution >= 0.6 is 11.3 Å². The van der Waals surface area contributed by atoms with Crippen LogP contribution in [0.25, 0.3) is 10.2 Å². The number of anilines is 1. The summed E-state index contributed by atoms with van der Waals surface area (Å²) in [4.78, 5) is 11.2. The topological polar surface area (TPSA) is 47.0 Å². The molecule has 0 aliphatic rings. The van der Waals surface area contributed by atoms with Gasteiger partial charge < -0.3 is 10.1 Å². The van der Waals surface area contributed by atoms with E-state index in [1.807, 2.05) is 13.8 Å². The minimum absolute atomic E-state index is 0.620. The molecule has 0 fully saturated rings. The Bertz CT molecular complexity index is 510. The molecule has 0 atom stereocenters. The Kier molecular flexibility index (Phi) is 3.78. The van der Waals surface area contributed by atoms with Crippen LogP contribution in [-0.2, 0) is 6.42 Å². The molecule has 0 aliphatic heterocycles. The third kappa shape index (κ3) is 2.49. The first-order valence-electron chi connectivity index (χ1n) is 5.95. The van der Waals surface area contributed by atoms with Crippen LogP contribution in [0.15, 0.2) is 6.07 Å². The maximum atomic E-state index is 5.58. The second-order valence-electron chi connectivity index (χ2n) is 3.60. The molecular formula is C12H17N3OS. The highest BCUT2D eigenvalue weighted by molar-refractivity contribution is 7.18. The monoisotopic (exact) mass is 251 g/mol. The molecule has 2 heterocycles. The lowest BCUT2D eigenvalue weighted by atomic mass is 10.3. The van der Waals surface area contributed by atoms with Crippen molar-refractivity contribution in [2.24, 2.45) is 0 Å². The SMILES string of the molecule is CCNc1nc(OCC)c2cc(CC)sc2n1. The molecule has 0 aromatic carbocycles. The zero-order chi connectivity index (χ0) is 12.3. The van der Waals surface area contributed by atoms with E-state index in [2.05, 4.69) is 28.3 Å². The van der Waals surface area contributed by atoms with E-state index in [1.54, 1.807) is 11.3 Å². The lowest BCUT2D eigenvalue weighted by Crippen LogP contribution is -2.04.